The van der Waals surface area contributed by atoms with Gasteiger partial charge in [0.2, 0.25) is 0 Å². The molecule has 0 bridgehead atoms. The molecule has 2 nitrogen and oxygen atoms in total. The van der Waals surface area contributed by atoms with Crippen molar-refractivity contribution in [3.05, 3.63) is 24.4 Å². The Balaban J connectivity index is 4.08. The first-order valence-corrected chi connectivity index (χ1v) is 4.56. The first-order valence-electron chi connectivity index (χ1n) is 4.56. The number of hydrogen-bond donors (Lipinski definition) is 2. The maximum atomic E-state index is 3.68. The van der Waals surface area contributed by atoms with Gasteiger partial charge in [-0.15, -0.1) is 0 Å². The lowest BCUT2D eigenvalue weighted by atomic mass is 10.2. The molecule has 0 spiro atoms. The lowest BCUT2D eigenvalue weighted by molar-refractivity contribution is 0.592. The van der Waals surface area contributed by atoms with E-state index < -0.39 is 0 Å². The molecule has 0 rings (SSSR count). The van der Waals surface area contributed by atoms with Crippen LogP contribution in [0.1, 0.15) is 20.8 Å². The Hall–Kier alpha value is -0.760. The van der Waals surface area contributed by atoms with Gasteiger partial charge in [-0.3, -0.25) is 0 Å². The van der Waals surface area contributed by atoms with Crippen molar-refractivity contribution in [3.63, 3.8) is 0 Å². The minimum atomic E-state index is 0.382. The topological polar surface area (TPSA) is 24.1 Å². The van der Waals surface area contributed by atoms with Crippen LogP contribution in [0.5, 0.6) is 0 Å². The largest absolute Gasteiger partial charge is 0.387 e. The summed E-state index contributed by atoms with van der Waals surface area (Å²) in [6.45, 7) is 12.0. The Morgan fingerprint density at radius 2 is 2.08 bits per heavy atom. The molecule has 0 aromatic rings. The van der Waals surface area contributed by atoms with E-state index in [1.807, 2.05) is 12.2 Å². The lowest BCUT2D eigenvalue weighted by Crippen LogP contribution is -2.33. The summed E-state index contributed by atoms with van der Waals surface area (Å²) in [5, 5.41) is 6.63. The van der Waals surface area contributed by atoms with Gasteiger partial charge in [0.15, 0.2) is 0 Å². The van der Waals surface area contributed by atoms with Gasteiger partial charge in [-0.2, -0.15) is 0 Å². The molecule has 0 saturated heterocycles. The Morgan fingerprint density at radius 3 is 2.50 bits per heavy atom. The molecule has 0 aliphatic rings. The van der Waals surface area contributed by atoms with Crippen molar-refractivity contribution in [3.8, 4) is 0 Å². The van der Waals surface area contributed by atoms with E-state index in [0.29, 0.717) is 6.04 Å². The third-order valence-electron chi connectivity index (χ3n) is 1.66. The highest BCUT2D eigenvalue weighted by Gasteiger charge is 2.03. The standard InChI is InChI=1S/C10H20N2/c1-5-8-10(12-7-3)9(4)11-6-2/h5,8-9,11-12H,1,6-7H2,2-4H3/b10-8+. The van der Waals surface area contributed by atoms with Gasteiger partial charge in [0, 0.05) is 18.3 Å². The number of rotatable bonds is 6. The van der Waals surface area contributed by atoms with E-state index in [0.717, 1.165) is 13.1 Å². The summed E-state index contributed by atoms with van der Waals surface area (Å²) < 4.78 is 0. The Morgan fingerprint density at radius 1 is 1.42 bits per heavy atom. The summed E-state index contributed by atoms with van der Waals surface area (Å²) in [5.41, 5.74) is 1.20. The Labute approximate surface area is 75.7 Å². The summed E-state index contributed by atoms with van der Waals surface area (Å²) in [6.07, 6.45) is 3.82. The van der Waals surface area contributed by atoms with Crippen LogP contribution in [0.25, 0.3) is 0 Å². The summed E-state index contributed by atoms with van der Waals surface area (Å²) in [4.78, 5) is 0. The zero-order valence-corrected chi connectivity index (χ0v) is 8.35. The molecule has 12 heavy (non-hydrogen) atoms. The molecule has 0 aliphatic carbocycles. The Kier molecular flexibility index (Phi) is 6.48. The van der Waals surface area contributed by atoms with E-state index in [2.05, 4.69) is 38.0 Å². The van der Waals surface area contributed by atoms with Gasteiger partial charge in [0.1, 0.15) is 0 Å². The van der Waals surface area contributed by atoms with Crippen LogP contribution in [0, 0.1) is 0 Å². The van der Waals surface area contributed by atoms with Gasteiger partial charge in [0.05, 0.1) is 0 Å². The number of hydrogen-bond acceptors (Lipinski definition) is 2. The van der Waals surface area contributed by atoms with Gasteiger partial charge in [0.25, 0.3) is 0 Å². The van der Waals surface area contributed by atoms with Crippen molar-refractivity contribution < 1.29 is 0 Å². The molecule has 2 N–H and O–H groups in total. The quantitative estimate of drug-likeness (QED) is 0.589. The predicted octanol–water partition coefficient (Wildman–Crippen LogP) is 1.66. The second-order valence-electron chi connectivity index (χ2n) is 2.67. The molecule has 70 valence electrons. The van der Waals surface area contributed by atoms with Gasteiger partial charge < -0.3 is 10.6 Å². The molecule has 1 atom stereocenters. The maximum Gasteiger partial charge on any atom is 0.0440 e. The predicted molar refractivity (Wildman–Crippen MR) is 55.1 cm³/mol. The van der Waals surface area contributed by atoms with Crippen LogP contribution in [-0.4, -0.2) is 19.1 Å². The summed E-state index contributed by atoms with van der Waals surface area (Å²) in [6, 6.07) is 0.382. The monoisotopic (exact) mass is 168 g/mol. The molecule has 1 unspecified atom stereocenters. The van der Waals surface area contributed by atoms with E-state index >= 15 is 0 Å². The average molecular weight is 168 g/mol. The lowest BCUT2D eigenvalue weighted by Gasteiger charge is -2.17. The van der Waals surface area contributed by atoms with Crippen LogP contribution in [-0.2, 0) is 0 Å². The maximum absolute atomic E-state index is 3.68. The molecular weight excluding hydrogens is 148 g/mol. The van der Waals surface area contributed by atoms with Crippen molar-refractivity contribution in [2.24, 2.45) is 0 Å². The van der Waals surface area contributed by atoms with Crippen LogP contribution < -0.4 is 10.6 Å². The molecule has 2 heteroatoms. The van der Waals surface area contributed by atoms with Crippen LogP contribution in [0.4, 0.5) is 0 Å². The second kappa shape index (κ2) is 6.92. The van der Waals surface area contributed by atoms with E-state index in [1.54, 1.807) is 0 Å². The summed E-state index contributed by atoms with van der Waals surface area (Å²) in [7, 11) is 0. The van der Waals surface area contributed by atoms with E-state index in [9.17, 15) is 0 Å². The van der Waals surface area contributed by atoms with E-state index in [-0.39, 0.29) is 0 Å². The van der Waals surface area contributed by atoms with E-state index in [4.69, 9.17) is 0 Å². The second-order valence-corrected chi connectivity index (χ2v) is 2.67. The molecule has 0 radical (unpaired) electrons. The molecule has 0 amide bonds. The fraction of sp³-hybridized carbons (Fsp3) is 0.600. The van der Waals surface area contributed by atoms with Crippen molar-refractivity contribution in [1.82, 2.24) is 10.6 Å². The van der Waals surface area contributed by atoms with Crippen LogP contribution in [0.15, 0.2) is 24.4 Å². The molecule has 0 aromatic heterocycles. The van der Waals surface area contributed by atoms with Crippen molar-refractivity contribution in [2.45, 2.75) is 26.8 Å². The zero-order valence-electron chi connectivity index (χ0n) is 8.35. The molecule has 0 aromatic carbocycles. The fourth-order valence-corrected chi connectivity index (χ4v) is 1.10. The minimum absolute atomic E-state index is 0.382. The van der Waals surface area contributed by atoms with Gasteiger partial charge in [-0.25, -0.2) is 0 Å². The normalized spacial score (nSPS) is 14.1. The molecular formula is C10H20N2. The van der Waals surface area contributed by atoms with Crippen molar-refractivity contribution in [1.29, 1.82) is 0 Å². The van der Waals surface area contributed by atoms with Crippen molar-refractivity contribution >= 4 is 0 Å². The molecule has 0 saturated carbocycles. The zero-order chi connectivity index (χ0) is 9.40. The highest BCUT2D eigenvalue weighted by Crippen LogP contribution is 1.97. The first kappa shape index (κ1) is 11.2. The third kappa shape index (κ3) is 4.19. The van der Waals surface area contributed by atoms with Crippen LogP contribution in [0.3, 0.4) is 0 Å². The summed E-state index contributed by atoms with van der Waals surface area (Å²) in [5.74, 6) is 0. The van der Waals surface area contributed by atoms with Crippen molar-refractivity contribution in [2.75, 3.05) is 13.1 Å². The number of likely N-dealkylation sites (N-methyl/N-ethyl adjacent to an activating group) is 2. The highest BCUT2D eigenvalue weighted by atomic mass is 15.0. The highest BCUT2D eigenvalue weighted by molar-refractivity contribution is 5.13. The molecule has 0 heterocycles. The Bertz CT molecular complexity index is 150. The summed E-state index contributed by atoms with van der Waals surface area (Å²) >= 11 is 0. The first-order chi connectivity index (χ1) is 5.76. The van der Waals surface area contributed by atoms with Crippen LogP contribution >= 0.6 is 0 Å². The SMILES string of the molecule is C=C/C=C(/NCC)C(C)NCC. The van der Waals surface area contributed by atoms with E-state index in [1.165, 1.54) is 5.70 Å². The fourth-order valence-electron chi connectivity index (χ4n) is 1.10. The third-order valence-corrected chi connectivity index (χ3v) is 1.66. The minimum Gasteiger partial charge on any atom is -0.387 e. The van der Waals surface area contributed by atoms with Gasteiger partial charge in [-0.1, -0.05) is 19.6 Å². The number of allylic oxidation sites excluding steroid dienone is 2. The van der Waals surface area contributed by atoms with Gasteiger partial charge in [-0.05, 0) is 26.5 Å². The molecule has 0 fully saturated rings. The average Bonchev–Trinajstić information content (AvgIpc) is 2.04. The smallest absolute Gasteiger partial charge is 0.0440 e. The number of nitrogens with one attached hydrogen (secondary N) is 2. The van der Waals surface area contributed by atoms with Gasteiger partial charge >= 0.3 is 0 Å². The molecule has 0 aliphatic heterocycles. The van der Waals surface area contributed by atoms with Crippen LogP contribution in [0.2, 0.25) is 0 Å².